The maximum atomic E-state index is 13.8. The molecule has 0 bridgehead atoms. The highest BCUT2D eigenvalue weighted by Gasteiger charge is 2.11. The molecule has 0 saturated heterocycles. The van der Waals surface area contributed by atoms with E-state index < -0.39 is 0 Å². The van der Waals surface area contributed by atoms with E-state index in [1.807, 2.05) is 32.0 Å². The minimum atomic E-state index is -0.178. The molecule has 1 unspecified atom stereocenters. The lowest BCUT2D eigenvalue weighted by atomic mass is 10.1. The van der Waals surface area contributed by atoms with Gasteiger partial charge in [0.25, 0.3) is 0 Å². The van der Waals surface area contributed by atoms with Crippen molar-refractivity contribution in [3.05, 3.63) is 53.3 Å². The Bertz CT molecular complexity index is 599. The molecule has 4 heteroatoms. The molecule has 1 atom stereocenters. The molecule has 0 radical (unpaired) electrons. The summed E-state index contributed by atoms with van der Waals surface area (Å²) in [6, 6.07) is 11.0. The molecule has 0 heterocycles. The predicted molar refractivity (Wildman–Crippen MR) is 82.4 cm³/mol. The van der Waals surface area contributed by atoms with Crippen LogP contribution in [0, 0.1) is 19.7 Å². The van der Waals surface area contributed by atoms with Crippen LogP contribution in [0.3, 0.4) is 0 Å². The molecule has 0 aromatic heterocycles. The first-order valence-electron chi connectivity index (χ1n) is 6.36. The van der Waals surface area contributed by atoms with Gasteiger partial charge in [0.1, 0.15) is 11.6 Å². The first-order valence-corrected chi connectivity index (χ1v) is 7.36. The molecule has 2 nitrogen and oxygen atoms in total. The number of methoxy groups -OCH3 is 1. The van der Waals surface area contributed by atoms with Crippen molar-refractivity contribution in [2.75, 3.05) is 13.9 Å². The van der Waals surface area contributed by atoms with E-state index in [0.717, 1.165) is 22.2 Å². The number of hydrogen-bond acceptors (Lipinski definition) is 2. The molecule has 20 heavy (non-hydrogen) atoms. The summed E-state index contributed by atoms with van der Waals surface area (Å²) in [6.07, 6.45) is 0. The van der Waals surface area contributed by atoms with E-state index in [0.29, 0.717) is 5.30 Å². The third-order valence-corrected chi connectivity index (χ3v) is 4.20. The van der Waals surface area contributed by atoms with Crippen LogP contribution in [0.5, 0.6) is 5.75 Å². The van der Waals surface area contributed by atoms with Gasteiger partial charge < -0.3 is 9.47 Å². The number of hydrogen-bond donors (Lipinski definition) is 0. The van der Waals surface area contributed by atoms with Crippen LogP contribution in [0.25, 0.3) is 0 Å². The van der Waals surface area contributed by atoms with Crippen molar-refractivity contribution < 1.29 is 13.9 Å². The van der Waals surface area contributed by atoms with Crippen LogP contribution in [0.15, 0.2) is 36.4 Å². The Kier molecular flexibility index (Phi) is 5.11. The molecule has 106 valence electrons. The van der Waals surface area contributed by atoms with Crippen LogP contribution >= 0.6 is 8.58 Å². The molecule has 0 spiro atoms. The van der Waals surface area contributed by atoms with Crippen molar-refractivity contribution in [3.8, 4) is 5.75 Å². The summed E-state index contributed by atoms with van der Waals surface area (Å²) in [5.74, 6) is 0.613. The third-order valence-electron chi connectivity index (χ3n) is 2.88. The number of aryl methyl sites for hydroxylation is 2. The summed E-state index contributed by atoms with van der Waals surface area (Å²) in [7, 11) is 1.81. The third kappa shape index (κ3) is 3.56. The van der Waals surface area contributed by atoms with Crippen LogP contribution in [0.2, 0.25) is 0 Å². The van der Waals surface area contributed by atoms with E-state index >= 15 is 0 Å². The van der Waals surface area contributed by atoms with Crippen LogP contribution in [0.4, 0.5) is 4.39 Å². The highest BCUT2D eigenvalue weighted by molar-refractivity contribution is 7.55. The summed E-state index contributed by atoms with van der Waals surface area (Å²) in [6.45, 7) is 4.22. The van der Waals surface area contributed by atoms with E-state index in [1.54, 1.807) is 13.2 Å². The molecule has 0 fully saturated rings. The molecule has 0 aliphatic rings. The molecular formula is C16H18FO2P. The monoisotopic (exact) mass is 292 g/mol. The first kappa shape index (κ1) is 15.0. The quantitative estimate of drug-likeness (QED) is 0.623. The number of ether oxygens (including phenoxy) is 2. The molecular weight excluding hydrogens is 274 g/mol. The van der Waals surface area contributed by atoms with Crippen molar-refractivity contribution in [3.63, 3.8) is 0 Å². The predicted octanol–water partition coefficient (Wildman–Crippen LogP) is 3.05. The summed E-state index contributed by atoms with van der Waals surface area (Å²) in [4.78, 5) is 0. The molecule has 0 aliphatic heterocycles. The minimum absolute atomic E-state index is 0.178. The van der Waals surface area contributed by atoms with Crippen molar-refractivity contribution in [1.29, 1.82) is 0 Å². The molecule has 0 saturated carbocycles. The van der Waals surface area contributed by atoms with Gasteiger partial charge in [-0.05, 0) is 37.1 Å². The van der Waals surface area contributed by atoms with Gasteiger partial charge in [-0.25, -0.2) is 4.39 Å². The zero-order chi connectivity index (χ0) is 14.5. The average Bonchev–Trinajstić information content (AvgIpc) is 2.40. The summed E-state index contributed by atoms with van der Waals surface area (Å²) in [5.41, 5.74) is 2.19. The van der Waals surface area contributed by atoms with Crippen LogP contribution < -0.4 is 15.3 Å². The molecule has 2 rings (SSSR count). The van der Waals surface area contributed by atoms with Gasteiger partial charge >= 0.3 is 0 Å². The second kappa shape index (κ2) is 6.83. The zero-order valence-corrected chi connectivity index (χ0v) is 12.9. The fourth-order valence-electron chi connectivity index (χ4n) is 2.06. The van der Waals surface area contributed by atoms with Gasteiger partial charge in [-0.2, -0.15) is 0 Å². The van der Waals surface area contributed by atoms with Gasteiger partial charge in [0, 0.05) is 17.7 Å². The Morgan fingerprint density at radius 1 is 1.10 bits per heavy atom. The summed E-state index contributed by atoms with van der Waals surface area (Å²) in [5, 5.41) is 1.70. The zero-order valence-electron chi connectivity index (χ0n) is 11.9. The van der Waals surface area contributed by atoms with Crippen LogP contribution in [0.1, 0.15) is 11.1 Å². The maximum absolute atomic E-state index is 13.8. The maximum Gasteiger partial charge on any atom is 0.188 e. The van der Waals surface area contributed by atoms with Gasteiger partial charge in [-0.3, -0.25) is 0 Å². The van der Waals surface area contributed by atoms with Gasteiger partial charge in [0.05, 0.1) is 0 Å². The Morgan fingerprint density at radius 3 is 2.55 bits per heavy atom. The average molecular weight is 292 g/mol. The van der Waals surface area contributed by atoms with Crippen molar-refractivity contribution in [2.24, 2.45) is 0 Å². The van der Waals surface area contributed by atoms with E-state index in [9.17, 15) is 4.39 Å². The lowest BCUT2D eigenvalue weighted by Gasteiger charge is -2.15. The van der Waals surface area contributed by atoms with Crippen molar-refractivity contribution in [1.82, 2.24) is 0 Å². The van der Waals surface area contributed by atoms with Gasteiger partial charge in [-0.1, -0.05) is 32.8 Å². The van der Waals surface area contributed by atoms with Crippen molar-refractivity contribution >= 4 is 19.2 Å². The van der Waals surface area contributed by atoms with E-state index in [1.165, 1.54) is 6.07 Å². The second-order valence-corrected chi connectivity index (χ2v) is 5.94. The largest absolute Gasteiger partial charge is 0.467 e. The Hall–Kier alpha value is -1.44. The molecule has 0 N–H and O–H groups in total. The topological polar surface area (TPSA) is 18.5 Å². The highest BCUT2D eigenvalue weighted by atomic mass is 31.1. The normalized spacial score (nSPS) is 11.2. The second-order valence-electron chi connectivity index (χ2n) is 4.61. The van der Waals surface area contributed by atoms with E-state index in [2.05, 4.69) is 6.07 Å². The lowest BCUT2D eigenvalue weighted by molar-refractivity contribution is 0.0514. The summed E-state index contributed by atoms with van der Waals surface area (Å²) >= 11 is 0. The number of halogens is 1. The smallest absolute Gasteiger partial charge is 0.188 e. The van der Waals surface area contributed by atoms with E-state index in [-0.39, 0.29) is 21.2 Å². The number of rotatable bonds is 5. The fraction of sp³-hybridized carbons (Fsp3) is 0.250. The summed E-state index contributed by atoms with van der Waals surface area (Å²) < 4.78 is 24.4. The minimum Gasteiger partial charge on any atom is -0.467 e. The van der Waals surface area contributed by atoms with Gasteiger partial charge in [0.2, 0.25) is 0 Å². The van der Waals surface area contributed by atoms with Gasteiger partial charge in [-0.15, -0.1) is 0 Å². The molecule has 0 amide bonds. The van der Waals surface area contributed by atoms with E-state index in [4.69, 9.17) is 9.47 Å². The molecule has 2 aromatic rings. The Labute approximate surface area is 120 Å². The van der Waals surface area contributed by atoms with Crippen molar-refractivity contribution in [2.45, 2.75) is 13.8 Å². The standard InChI is InChI=1S/C16H18FO2P/c1-11-8-12(2)16(19-10-18-3)15(9-11)20-14-7-5-4-6-13(14)17/h4-9,20H,10H2,1-3H3. The Morgan fingerprint density at radius 2 is 1.85 bits per heavy atom. The SMILES string of the molecule is COCOc1c(C)cc(C)cc1Pc1ccccc1F. The molecule has 2 aromatic carbocycles. The first-order chi connectivity index (χ1) is 9.61. The molecule has 0 aliphatic carbocycles. The van der Waals surface area contributed by atoms with Crippen LogP contribution in [-0.4, -0.2) is 13.9 Å². The fourth-order valence-corrected chi connectivity index (χ4v) is 3.42. The van der Waals surface area contributed by atoms with Gasteiger partial charge in [0.15, 0.2) is 6.79 Å². The number of benzene rings is 2. The Balaban J connectivity index is 2.37. The highest BCUT2D eigenvalue weighted by Crippen LogP contribution is 2.25. The van der Waals surface area contributed by atoms with Crippen LogP contribution in [-0.2, 0) is 4.74 Å². The lowest BCUT2D eigenvalue weighted by Crippen LogP contribution is -2.13.